The number of hydrogen-bond acceptors (Lipinski definition) is 5. The number of piperidine rings is 1. The minimum absolute atomic E-state index is 0.0597. The van der Waals surface area contributed by atoms with Crippen LogP contribution in [0.15, 0.2) is 29.4 Å². The first-order chi connectivity index (χ1) is 11.7. The number of aromatic nitrogens is 1. The van der Waals surface area contributed by atoms with Gasteiger partial charge in [-0.2, -0.15) is 0 Å². The number of pyridine rings is 1. The summed E-state index contributed by atoms with van der Waals surface area (Å²) in [6.07, 6.45) is 5.31. The molecule has 1 aromatic rings. The summed E-state index contributed by atoms with van der Waals surface area (Å²) in [7, 11) is 1.65. The number of amides is 2. The Bertz CT molecular complexity index is 584. The second-order valence-electron chi connectivity index (χ2n) is 6.22. The van der Waals surface area contributed by atoms with E-state index in [0.29, 0.717) is 32.0 Å². The Morgan fingerprint density at radius 3 is 2.88 bits per heavy atom. The van der Waals surface area contributed by atoms with Crippen LogP contribution in [0.1, 0.15) is 12.8 Å². The summed E-state index contributed by atoms with van der Waals surface area (Å²) in [4.78, 5) is 34.0. The van der Waals surface area contributed by atoms with E-state index in [4.69, 9.17) is 4.74 Å². The lowest BCUT2D eigenvalue weighted by Gasteiger charge is -2.35. The van der Waals surface area contributed by atoms with Gasteiger partial charge >= 0.3 is 0 Å². The first kappa shape index (κ1) is 17.2. The van der Waals surface area contributed by atoms with Crippen LogP contribution in [-0.4, -0.2) is 71.7 Å². The van der Waals surface area contributed by atoms with Gasteiger partial charge in [-0.3, -0.25) is 14.6 Å². The van der Waals surface area contributed by atoms with E-state index < -0.39 is 0 Å². The van der Waals surface area contributed by atoms with Crippen molar-refractivity contribution < 1.29 is 14.3 Å². The predicted octanol–water partition coefficient (Wildman–Crippen LogP) is 1.27. The number of carbonyl (C=O) groups excluding carboxylic acids is 2. The minimum atomic E-state index is -0.0597. The van der Waals surface area contributed by atoms with Gasteiger partial charge in [-0.1, -0.05) is 0 Å². The number of thioether (sulfide) groups is 1. The van der Waals surface area contributed by atoms with Crippen LogP contribution in [0, 0.1) is 5.92 Å². The van der Waals surface area contributed by atoms with E-state index in [9.17, 15) is 9.59 Å². The zero-order valence-electron chi connectivity index (χ0n) is 13.9. The Kier molecular flexibility index (Phi) is 5.73. The molecule has 0 aromatic carbocycles. The molecule has 0 aliphatic carbocycles. The van der Waals surface area contributed by atoms with Gasteiger partial charge in [0, 0.05) is 50.1 Å². The monoisotopic (exact) mass is 349 g/mol. The lowest BCUT2D eigenvalue weighted by molar-refractivity contribution is -0.140. The predicted molar refractivity (Wildman–Crippen MR) is 91.6 cm³/mol. The normalized spacial score (nSPS) is 23.5. The number of rotatable bonds is 6. The van der Waals surface area contributed by atoms with E-state index in [0.717, 1.165) is 17.7 Å². The quantitative estimate of drug-likeness (QED) is 0.724. The van der Waals surface area contributed by atoms with Crippen LogP contribution in [0.5, 0.6) is 0 Å². The maximum atomic E-state index is 12.6. The molecule has 2 amide bonds. The van der Waals surface area contributed by atoms with Gasteiger partial charge in [-0.25, -0.2) is 0 Å². The van der Waals surface area contributed by atoms with E-state index in [2.05, 4.69) is 4.98 Å². The third-order valence-electron chi connectivity index (χ3n) is 4.69. The Labute approximate surface area is 146 Å². The van der Waals surface area contributed by atoms with Gasteiger partial charge in [-0.15, -0.1) is 11.8 Å². The van der Waals surface area contributed by atoms with Crippen LogP contribution in [0.25, 0.3) is 0 Å². The van der Waals surface area contributed by atoms with Gasteiger partial charge in [0.15, 0.2) is 0 Å². The topological polar surface area (TPSA) is 62.7 Å². The van der Waals surface area contributed by atoms with E-state index in [1.54, 1.807) is 19.5 Å². The fourth-order valence-electron chi connectivity index (χ4n) is 3.40. The molecule has 0 N–H and O–H groups in total. The molecule has 2 bridgehead atoms. The largest absolute Gasteiger partial charge is 0.383 e. The molecule has 4 rings (SSSR count). The summed E-state index contributed by atoms with van der Waals surface area (Å²) in [5.74, 6) is 0.626. The van der Waals surface area contributed by atoms with E-state index in [1.165, 1.54) is 11.8 Å². The minimum Gasteiger partial charge on any atom is -0.383 e. The lowest BCUT2D eigenvalue weighted by atomic mass is 9.94. The maximum absolute atomic E-state index is 12.6. The lowest BCUT2D eigenvalue weighted by Crippen LogP contribution is -2.49. The van der Waals surface area contributed by atoms with Crippen LogP contribution in [-0.2, 0) is 14.3 Å². The molecule has 0 spiro atoms. The molecule has 3 fully saturated rings. The standard InChI is InChI=1S/C17H23N3O3S/c1-23-9-8-20-14-3-2-13(17(20)22)10-19(11-14)16(21)12-24-15-4-6-18-7-5-15/h4-7,13-14H,2-3,8-12H2,1H3/t13-,14+/m0/s1. The third-order valence-corrected chi connectivity index (χ3v) is 5.69. The Morgan fingerprint density at radius 1 is 1.33 bits per heavy atom. The average molecular weight is 349 g/mol. The van der Waals surface area contributed by atoms with Crippen LogP contribution < -0.4 is 0 Å². The van der Waals surface area contributed by atoms with Crippen molar-refractivity contribution in [2.24, 2.45) is 5.92 Å². The molecule has 6 nitrogen and oxygen atoms in total. The zero-order chi connectivity index (χ0) is 16.9. The SMILES string of the molecule is COCCN1C(=O)[C@H]2CC[C@@H]1CN(C(=O)CSc1ccncc1)C2. The second-order valence-corrected chi connectivity index (χ2v) is 7.27. The zero-order valence-corrected chi connectivity index (χ0v) is 14.7. The van der Waals surface area contributed by atoms with Gasteiger partial charge in [0.1, 0.15) is 0 Å². The molecule has 1 aromatic heterocycles. The van der Waals surface area contributed by atoms with Gasteiger partial charge in [0.2, 0.25) is 11.8 Å². The van der Waals surface area contributed by atoms with Crippen molar-refractivity contribution in [3.05, 3.63) is 24.5 Å². The van der Waals surface area contributed by atoms with E-state index in [-0.39, 0.29) is 23.8 Å². The molecule has 24 heavy (non-hydrogen) atoms. The number of methoxy groups -OCH3 is 1. The van der Waals surface area contributed by atoms with Gasteiger partial charge in [0.25, 0.3) is 0 Å². The first-order valence-corrected chi connectivity index (χ1v) is 9.27. The molecule has 130 valence electrons. The summed E-state index contributed by atoms with van der Waals surface area (Å²) in [5.41, 5.74) is 0. The summed E-state index contributed by atoms with van der Waals surface area (Å²) in [5, 5.41) is 0. The Hall–Kier alpha value is -1.60. The van der Waals surface area contributed by atoms with E-state index >= 15 is 0 Å². The van der Waals surface area contributed by atoms with Crippen molar-refractivity contribution in [2.75, 3.05) is 39.1 Å². The molecule has 3 aliphatic heterocycles. The Morgan fingerprint density at radius 2 is 2.12 bits per heavy atom. The molecule has 0 unspecified atom stereocenters. The molecule has 0 saturated carbocycles. The number of fused-ring (bicyclic) bond motifs is 4. The van der Waals surface area contributed by atoms with Crippen LogP contribution in [0.2, 0.25) is 0 Å². The van der Waals surface area contributed by atoms with Crippen LogP contribution in [0.4, 0.5) is 0 Å². The van der Waals surface area contributed by atoms with Crippen molar-refractivity contribution in [1.82, 2.24) is 14.8 Å². The fraction of sp³-hybridized carbons (Fsp3) is 0.588. The summed E-state index contributed by atoms with van der Waals surface area (Å²) >= 11 is 1.52. The molecule has 2 atom stereocenters. The highest BCUT2D eigenvalue weighted by Gasteiger charge is 2.41. The van der Waals surface area contributed by atoms with Gasteiger partial charge in [0.05, 0.1) is 18.3 Å². The van der Waals surface area contributed by atoms with E-state index in [1.807, 2.05) is 21.9 Å². The number of carbonyl (C=O) groups is 2. The van der Waals surface area contributed by atoms with Gasteiger partial charge in [-0.05, 0) is 25.0 Å². The highest BCUT2D eigenvalue weighted by atomic mass is 32.2. The molecule has 4 heterocycles. The highest BCUT2D eigenvalue weighted by molar-refractivity contribution is 8.00. The molecule has 7 heteroatoms. The summed E-state index contributed by atoms with van der Waals surface area (Å²) < 4.78 is 5.12. The van der Waals surface area contributed by atoms with Crippen molar-refractivity contribution in [3.63, 3.8) is 0 Å². The van der Waals surface area contributed by atoms with Gasteiger partial charge < -0.3 is 14.5 Å². The first-order valence-electron chi connectivity index (χ1n) is 8.29. The molecule has 3 aliphatic rings. The summed E-state index contributed by atoms with van der Waals surface area (Å²) in [6, 6.07) is 3.93. The van der Waals surface area contributed by atoms with Crippen LogP contribution >= 0.6 is 11.8 Å². The average Bonchev–Trinajstić information content (AvgIpc) is 2.90. The Balaban J connectivity index is 1.61. The molecular formula is C17H23N3O3S. The molecule has 0 radical (unpaired) electrons. The fourth-order valence-corrected chi connectivity index (χ4v) is 4.19. The number of hydrogen-bond donors (Lipinski definition) is 0. The van der Waals surface area contributed by atoms with Crippen molar-refractivity contribution >= 4 is 23.6 Å². The molecular weight excluding hydrogens is 326 g/mol. The van der Waals surface area contributed by atoms with Crippen molar-refractivity contribution in [3.8, 4) is 0 Å². The maximum Gasteiger partial charge on any atom is 0.233 e. The number of ether oxygens (including phenoxy) is 1. The molecule has 3 saturated heterocycles. The number of nitrogens with zero attached hydrogens (tertiary/aromatic N) is 3. The van der Waals surface area contributed by atoms with Crippen molar-refractivity contribution in [1.29, 1.82) is 0 Å². The third kappa shape index (κ3) is 3.89. The second kappa shape index (κ2) is 7.98. The summed E-state index contributed by atoms with van der Waals surface area (Å²) in [6.45, 7) is 2.35. The smallest absolute Gasteiger partial charge is 0.233 e. The highest BCUT2D eigenvalue weighted by Crippen LogP contribution is 2.29. The van der Waals surface area contributed by atoms with Crippen LogP contribution in [0.3, 0.4) is 0 Å². The van der Waals surface area contributed by atoms with Crippen molar-refractivity contribution in [2.45, 2.75) is 23.8 Å².